The molecule has 1 aromatic heterocycles. The molecular weight excluding hydrogens is 548 g/mol. The van der Waals surface area contributed by atoms with Crippen LogP contribution in [0.5, 0.6) is 0 Å². The van der Waals surface area contributed by atoms with Gasteiger partial charge in [0, 0.05) is 23.0 Å². The van der Waals surface area contributed by atoms with Crippen molar-refractivity contribution in [2.45, 2.75) is 57.9 Å². The molecule has 0 radical (unpaired) electrons. The maximum Gasteiger partial charge on any atom is 0.160 e. The fourth-order valence-corrected chi connectivity index (χ4v) is 6.47. The Balaban J connectivity index is 1.39. The molecule has 0 fully saturated rings. The van der Waals surface area contributed by atoms with Crippen LogP contribution in [0.4, 0.5) is 0 Å². The molecule has 2 aromatic carbocycles. The first-order chi connectivity index (χ1) is 22.1. The highest BCUT2D eigenvalue weighted by molar-refractivity contribution is 6.05. The summed E-state index contributed by atoms with van der Waals surface area (Å²) in [4.78, 5) is 15.8. The van der Waals surface area contributed by atoms with Gasteiger partial charge in [0.05, 0.1) is 17.1 Å². The van der Waals surface area contributed by atoms with E-state index in [4.69, 9.17) is 15.0 Å². The summed E-state index contributed by atoms with van der Waals surface area (Å²) >= 11 is 0. The van der Waals surface area contributed by atoms with Crippen LogP contribution in [0, 0.1) is 5.92 Å². The number of aliphatic imine (C=N–C) groups is 1. The minimum Gasteiger partial charge on any atom is -0.343 e. The summed E-state index contributed by atoms with van der Waals surface area (Å²) in [6.45, 7) is 4.41. The van der Waals surface area contributed by atoms with Crippen molar-refractivity contribution < 1.29 is 0 Å². The quantitative estimate of drug-likeness (QED) is 0.299. The van der Waals surface area contributed by atoms with E-state index in [1.165, 1.54) is 16.7 Å². The fourth-order valence-electron chi connectivity index (χ4n) is 6.47. The van der Waals surface area contributed by atoms with E-state index in [2.05, 4.69) is 141 Å². The molecule has 4 heteroatoms. The number of nitrogens with zero attached hydrogens (tertiary/aromatic N) is 3. The second-order valence-corrected chi connectivity index (χ2v) is 12.4. The topological polar surface area (TPSA) is 50.2 Å². The number of allylic oxidation sites excluding steroid dienone is 10. The van der Waals surface area contributed by atoms with E-state index in [9.17, 15) is 0 Å². The van der Waals surface area contributed by atoms with Gasteiger partial charge in [0.25, 0.3) is 0 Å². The molecule has 1 aliphatic heterocycles. The fraction of sp³-hybridized carbons (Fsp3) is 0.244. The van der Waals surface area contributed by atoms with E-state index in [0.717, 1.165) is 77.5 Å². The molecular formula is C41H40N4. The minimum absolute atomic E-state index is 0.105. The van der Waals surface area contributed by atoms with Gasteiger partial charge in [-0.1, -0.05) is 123 Å². The Morgan fingerprint density at radius 3 is 2.42 bits per heavy atom. The van der Waals surface area contributed by atoms with Crippen molar-refractivity contribution >= 4 is 22.7 Å². The number of nitrogens with one attached hydrogen (secondary N) is 1. The van der Waals surface area contributed by atoms with Crippen LogP contribution in [-0.2, 0) is 0 Å². The first-order valence-electron chi connectivity index (χ1n) is 16.3. The molecule has 0 bridgehead atoms. The molecule has 3 aliphatic carbocycles. The Labute approximate surface area is 267 Å². The van der Waals surface area contributed by atoms with Crippen molar-refractivity contribution in [2.75, 3.05) is 0 Å². The van der Waals surface area contributed by atoms with Gasteiger partial charge in [-0.2, -0.15) is 0 Å². The van der Waals surface area contributed by atoms with Crippen molar-refractivity contribution in [2.24, 2.45) is 10.9 Å². The molecule has 4 aliphatic rings. The number of hydrogen-bond acceptors (Lipinski definition) is 4. The van der Waals surface area contributed by atoms with Gasteiger partial charge in [0.1, 0.15) is 11.9 Å². The third kappa shape index (κ3) is 6.23. The van der Waals surface area contributed by atoms with Crippen LogP contribution < -0.4 is 5.32 Å². The predicted molar refractivity (Wildman–Crippen MR) is 188 cm³/mol. The number of hydrogen-bond donors (Lipinski definition) is 1. The third-order valence-corrected chi connectivity index (χ3v) is 8.89. The molecule has 0 saturated heterocycles. The first kappa shape index (κ1) is 28.9. The van der Waals surface area contributed by atoms with Crippen LogP contribution in [0.2, 0.25) is 0 Å². The van der Waals surface area contributed by atoms with Gasteiger partial charge in [-0.3, -0.25) is 4.99 Å². The van der Waals surface area contributed by atoms with Crippen LogP contribution in [0.1, 0.15) is 74.4 Å². The van der Waals surface area contributed by atoms with Gasteiger partial charge in [0.15, 0.2) is 5.82 Å². The minimum atomic E-state index is -0.105. The van der Waals surface area contributed by atoms with Crippen molar-refractivity contribution in [3.63, 3.8) is 0 Å². The maximum atomic E-state index is 5.36. The second-order valence-electron chi connectivity index (χ2n) is 12.4. The molecule has 4 nitrogen and oxygen atoms in total. The van der Waals surface area contributed by atoms with Crippen LogP contribution in [0.3, 0.4) is 0 Å². The molecule has 224 valence electrons. The lowest BCUT2D eigenvalue weighted by Gasteiger charge is -2.32. The van der Waals surface area contributed by atoms with Gasteiger partial charge < -0.3 is 5.32 Å². The lowest BCUT2D eigenvalue weighted by molar-refractivity contribution is 0.807. The summed E-state index contributed by atoms with van der Waals surface area (Å²) in [5.74, 6) is 2.30. The summed E-state index contributed by atoms with van der Waals surface area (Å²) in [5, 5.41) is 3.77. The average molecular weight is 589 g/mol. The SMILES string of the molecule is CC(C)C1=NC(C2=CCCC=C2)C(c2cccc(-c3nc(C4=CC=CCC4)cc(C4C=CC=CC4)n3)c2)=C(c2ccccc2)N1. The van der Waals surface area contributed by atoms with Crippen molar-refractivity contribution in [3.05, 3.63) is 150 Å². The van der Waals surface area contributed by atoms with Gasteiger partial charge in [-0.15, -0.1) is 0 Å². The number of amidine groups is 1. The van der Waals surface area contributed by atoms with Crippen LogP contribution in [-0.4, -0.2) is 21.8 Å². The lowest BCUT2D eigenvalue weighted by atomic mass is 9.85. The molecule has 2 unspecified atom stereocenters. The van der Waals surface area contributed by atoms with Crippen LogP contribution >= 0.6 is 0 Å². The molecule has 3 aromatic rings. The Bertz CT molecular complexity index is 1830. The van der Waals surface area contributed by atoms with E-state index in [1.54, 1.807) is 0 Å². The monoisotopic (exact) mass is 588 g/mol. The summed E-state index contributed by atoms with van der Waals surface area (Å²) in [5.41, 5.74) is 10.2. The zero-order valence-corrected chi connectivity index (χ0v) is 26.2. The highest BCUT2D eigenvalue weighted by Crippen LogP contribution is 2.39. The van der Waals surface area contributed by atoms with E-state index in [0.29, 0.717) is 0 Å². The Morgan fingerprint density at radius 1 is 0.800 bits per heavy atom. The van der Waals surface area contributed by atoms with Gasteiger partial charge in [-0.25, -0.2) is 9.97 Å². The Hall–Kier alpha value is -4.83. The summed E-state index contributed by atoms with van der Waals surface area (Å²) in [6, 6.07) is 21.5. The van der Waals surface area contributed by atoms with E-state index < -0.39 is 0 Å². The molecule has 1 N–H and O–H groups in total. The number of aromatic nitrogens is 2. The standard InChI is InChI=1S/C41H40N4/c1-28(2)40-44-38(31-20-11-5-12-21-31)37(39(45-40)32-22-13-6-14-23-32)33-24-15-25-34(26-33)41-42-35(29-16-7-3-8-17-29)27-36(43-41)30-18-9-4-10-19-30/h3-5,7-9,11-13,15-16,18,20-29,39H,6,10,14,17,19H2,1-2H3,(H,44,45). The molecule has 2 atom stereocenters. The molecule has 0 spiro atoms. The largest absolute Gasteiger partial charge is 0.343 e. The highest BCUT2D eigenvalue weighted by atomic mass is 15.1. The molecule has 45 heavy (non-hydrogen) atoms. The van der Waals surface area contributed by atoms with E-state index in [-0.39, 0.29) is 17.9 Å². The third-order valence-electron chi connectivity index (χ3n) is 8.89. The van der Waals surface area contributed by atoms with Crippen LogP contribution in [0.25, 0.3) is 28.2 Å². The van der Waals surface area contributed by atoms with Crippen molar-refractivity contribution in [1.29, 1.82) is 0 Å². The first-order valence-corrected chi connectivity index (χ1v) is 16.3. The van der Waals surface area contributed by atoms with Crippen LogP contribution in [0.15, 0.2) is 132 Å². The number of benzene rings is 2. The van der Waals surface area contributed by atoms with Gasteiger partial charge in [-0.05, 0) is 66.5 Å². The van der Waals surface area contributed by atoms with E-state index >= 15 is 0 Å². The smallest absolute Gasteiger partial charge is 0.160 e. The van der Waals surface area contributed by atoms with Gasteiger partial charge >= 0.3 is 0 Å². The van der Waals surface area contributed by atoms with E-state index in [1.807, 2.05) is 0 Å². The van der Waals surface area contributed by atoms with Gasteiger partial charge in [0.2, 0.25) is 0 Å². The molecule has 0 saturated carbocycles. The molecule has 7 rings (SSSR count). The normalized spacial score (nSPS) is 21.0. The molecule has 0 amide bonds. The maximum absolute atomic E-state index is 5.36. The Kier molecular flexibility index (Phi) is 8.37. The second kappa shape index (κ2) is 13.0. The predicted octanol–water partition coefficient (Wildman–Crippen LogP) is 9.65. The van der Waals surface area contributed by atoms with Crippen molar-refractivity contribution in [1.82, 2.24) is 15.3 Å². The highest BCUT2D eigenvalue weighted by Gasteiger charge is 2.30. The van der Waals surface area contributed by atoms with Crippen molar-refractivity contribution in [3.8, 4) is 11.4 Å². The zero-order valence-electron chi connectivity index (χ0n) is 26.2. The zero-order chi connectivity index (χ0) is 30.6. The summed E-state index contributed by atoms with van der Waals surface area (Å²) in [7, 11) is 0. The molecule has 2 heterocycles. The summed E-state index contributed by atoms with van der Waals surface area (Å²) < 4.78 is 0. The Morgan fingerprint density at radius 2 is 1.67 bits per heavy atom. The lowest BCUT2D eigenvalue weighted by Crippen LogP contribution is -2.35. The summed E-state index contributed by atoms with van der Waals surface area (Å²) in [6.07, 6.45) is 27.3. The average Bonchev–Trinajstić information content (AvgIpc) is 3.12. The number of rotatable bonds is 7.